The Morgan fingerprint density at radius 2 is 1.78 bits per heavy atom. The van der Waals surface area contributed by atoms with E-state index in [-0.39, 0.29) is 24.5 Å². The SMILES string of the molecule is COc1ccc(CSCC(CC(=O)OC(C)C)NC(=O)OC(C)(C)C)cc1. The third-order valence-electron chi connectivity index (χ3n) is 3.25. The molecule has 7 heteroatoms. The van der Waals surface area contributed by atoms with E-state index in [1.165, 1.54) is 0 Å². The van der Waals surface area contributed by atoms with Gasteiger partial charge in [0, 0.05) is 11.5 Å². The first kappa shape index (κ1) is 23.1. The summed E-state index contributed by atoms with van der Waals surface area (Å²) >= 11 is 1.63. The Bertz CT molecular complexity index is 595. The molecule has 0 saturated carbocycles. The van der Waals surface area contributed by atoms with Crippen LogP contribution in [0.25, 0.3) is 0 Å². The number of hydrogen-bond donors (Lipinski definition) is 1. The molecule has 0 spiro atoms. The van der Waals surface area contributed by atoms with Crippen LogP contribution >= 0.6 is 11.8 Å². The number of esters is 1. The van der Waals surface area contributed by atoms with Crippen LogP contribution in [0.1, 0.15) is 46.6 Å². The maximum absolute atomic E-state index is 12.1. The first-order valence-corrected chi connectivity index (χ1v) is 10.1. The van der Waals surface area contributed by atoms with Gasteiger partial charge in [0.05, 0.1) is 25.7 Å². The van der Waals surface area contributed by atoms with Gasteiger partial charge in [0.2, 0.25) is 0 Å². The van der Waals surface area contributed by atoms with Crippen LogP contribution in [-0.4, -0.2) is 42.7 Å². The predicted molar refractivity (Wildman–Crippen MR) is 108 cm³/mol. The standard InChI is InChI=1S/C20H31NO5S/c1-14(2)25-18(22)11-16(21-19(23)26-20(3,4)5)13-27-12-15-7-9-17(24-6)10-8-15/h7-10,14,16H,11-13H2,1-6H3,(H,21,23). The molecule has 1 unspecified atom stereocenters. The van der Waals surface area contributed by atoms with Gasteiger partial charge in [-0.2, -0.15) is 11.8 Å². The average Bonchev–Trinajstić information content (AvgIpc) is 2.52. The highest BCUT2D eigenvalue weighted by atomic mass is 32.2. The number of methoxy groups -OCH3 is 1. The fourth-order valence-electron chi connectivity index (χ4n) is 2.18. The number of nitrogens with one attached hydrogen (secondary N) is 1. The lowest BCUT2D eigenvalue weighted by Gasteiger charge is -2.23. The van der Waals surface area contributed by atoms with Crippen molar-refractivity contribution in [3.63, 3.8) is 0 Å². The van der Waals surface area contributed by atoms with Crippen LogP contribution < -0.4 is 10.1 Å². The Kier molecular flexibility index (Phi) is 9.49. The number of hydrogen-bond acceptors (Lipinski definition) is 6. The Hall–Kier alpha value is -1.89. The zero-order valence-corrected chi connectivity index (χ0v) is 17.9. The summed E-state index contributed by atoms with van der Waals surface area (Å²) in [6.07, 6.45) is -0.617. The summed E-state index contributed by atoms with van der Waals surface area (Å²) in [6.45, 7) is 8.99. The number of ether oxygens (including phenoxy) is 3. The molecular weight excluding hydrogens is 366 g/mol. The molecule has 0 saturated heterocycles. The van der Waals surface area contributed by atoms with E-state index in [9.17, 15) is 9.59 Å². The number of benzene rings is 1. The average molecular weight is 398 g/mol. The molecule has 1 atom stereocenters. The molecule has 0 aliphatic rings. The maximum atomic E-state index is 12.1. The van der Waals surface area contributed by atoms with Crippen molar-refractivity contribution < 1.29 is 23.8 Å². The molecule has 1 amide bonds. The monoisotopic (exact) mass is 397 g/mol. The van der Waals surface area contributed by atoms with Crippen LogP contribution in [0.4, 0.5) is 4.79 Å². The van der Waals surface area contributed by atoms with Crippen molar-refractivity contribution in [2.75, 3.05) is 12.9 Å². The summed E-state index contributed by atoms with van der Waals surface area (Å²) in [6, 6.07) is 7.44. The maximum Gasteiger partial charge on any atom is 0.407 e. The Morgan fingerprint density at radius 3 is 2.30 bits per heavy atom. The van der Waals surface area contributed by atoms with Gasteiger partial charge in [-0.25, -0.2) is 4.79 Å². The second-order valence-corrected chi connectivity index (χ2v) is 8.48. The van der Waals surface area contributed by atoms with Gasteiger partial charge in [0.15, 0.2) is 0 Å². The van der Waals surface area contributed by atoms with E-state index < -0.39 is 11.7 Å². The van der Waals surface area contributed by atoms with Crippen LogP contribution in [0.2, 0.25) is 0 Å². The molecule has 0 aliphatic carbocycles. The minimum atomic E-state index is -0.594. The van der Waals surface area contributed by atoms with Crippen molar-refractivity contribution in [2.45, 2.75) is 64.5 Å². The van der Waals surface area contributed by atoms with E-state index in [1.54, 1.807) is 53.5 Å². The highest BCUT2D eigenvalue weighted by Gasteiger charge is 2.22. The third-order valence-corrected chi connectivity index (χ3v) is 4.42. The van der Waals surface area contributed by atoms with Gasteiger partial charge in [-0.1, -0.05) is 12.1 Å². The van der Waals surface area contributed by atoms with E-state index in [0.717, 1.165) is 17.1 Å². The van der Waals surface area contributed by atoms with Gasteiger partial charge in [0.1, 0.15) is 11.4 Å². The molecule has 27 heavy (non-hydrogen) atoms. The van der Waals surface area contributed by atoms with Gasteiger partial charge in [-0.15, -0.1) is 0 Å². The largest absolute Gasteiger partial charge is 0.497 e. The highest BCUT2D eigenvalue weighted by Crippen LogP contribution is 2.18. The van der Waals surface area contributed by atoms with Gasteiger partial charge >= 0.3 is 12.1 Å². The smallest absolute Gasteiger partial charge is 0.407 e. The Balaban J connectivity index is 2.60. The zero-order chi connectivity index (χ0) is 20.4. The number of rotatable bonds is 9. The van der Waals surface area contributed by atoms with E-state index in [2.05, 4.69) is 5.32 Å². The Morgan fingerprint density at radius 1 is 1.15 bits per heavy atom. The molecule has 1 aromatic carbocycles. The summed E-state index contributed by atoms with van der Waals surface area (Å²) < 4.78 is 15.6. The zero-order valence-electron chi connectivity index (χ0n) is 17.0. The molecule has 0 bridgehead atoms. The molecule has 0 aromatic heterocycles. The minimum absolute atomic E-state index is 0.104. The van der Waals surface area contributed by atoms with Crippen molar-refractivity contribution in [3.05, 3.63) is 29.8 Å². The van der Waals surface area contributed by atoms with Crippen LogP contribution in [0.5, 0.6) is 5.75 Å². The van der Waals surface area contributed by atoms with Gasteiger partial charge < -0.3 is 19.5 Å². The molecular formula is C20H31NO5S. The van der Waals surface area contributed by atoms with Crippen molar-refractivity contribution >= 4 is 23.8 Å². The van der Waals surface area contributed by atoms with E-state index in [4.69, 9.17) is 14.2 Å². The lowest BCUT2D eigenvalue weighted by Crippen LogP contribution is -2.42. The second kappa shape index (κ2) is 11.1. The summed E-state index contributed by atoms with van der Waals surface area (Å²) in [5, 5.41) is 2.78. The normalized spacial score (nSPS) is 12.4. The first-order valence-electron chi connectivity index (χ1n) is 8.98. The van der Waals surface area contributed by atoms with Gasteiger partial charge in [-0.05, 0) is 52.3 Å². The lowest BCUT2D eigenvalue weighted by atomic mass is 10.2. The summed E-state index contributed by atoms with van der Waals surface area (Å²) in [4.78, 5) is 24.1. The van der Waals surface area contributed by atoms with E-state index >= 15 is 0 Å². The quantitative estimate of drug-likeness (QED) is 0.631. The number of alkyl carbamates (subject to hydrolysis) is 1. The van der Waals surface area contributed by atoms with Crippen molar-refractivity contribution in [3.8, 4) is 5.75 Å². The molecule has 1 rings (SSSR count). The van der Waals surface area contributed by atoms with Crippen molar-refractivity contribution in [1.82, 2.24) is 5.32 Å². The van der Waals surface area contributed by atoms with Crippen LogP contribution in [0.3, 0.4) is 0 Å². The van der Waals surface area contributed by atoms with E-state index in [1.807, 2.05) is 24.3 Å². The topological polar surface area (TPSA) is 73.9 Å². The molecule has 152 valence electrons. The molecule has 0 fully saturated rings. The van der Waals surface area contributed by atoms with E-state index in [0.29, 0.717) is 5.75 Å². The molecule has 0 aliphatic heterocycles. The Labute approximate surface area is 166 Å². The third kappa shape index (κ3) is 10.8. The summed E-state index contributed by atoms with van der Waals surface area (Å²) in [7, 11) is 1.63. The fourth-order valence-corrected chi connectivity index (χ4v) is 3.21. The molecule has 0 radical (unpaired) electrons. The number of carbonyl (C=O) groups excluding carboxylic acids is 2. The second-order valence-electron chi connectivity index (χ2n) is 7.45. The van der Waals surface area contributed by atoms with Gasteiger partial charge in [-0.3, -0.25) is 4.79 Å². The van der Waals surface area contributed by atoms with Crippen LogP contribution in [-0.2, 0) is 20.0 Å². The van der Waals surface area contributed by atoms with Crippen molar-refractivity contribution in [2.24, 2.45) is 0 Å². The van der Waals surface area contributed by atoms with Crippen LogP contribution in [0.15, 0.2) is 24.3 Å². The summed E-state index contributed by atoms with van der Waals surface area (Å²) in [5.74, 6) is 1.80. The van der Waals surface area contributed by atoms with Crippen molar-refractivity contribution in [1.29, 1.82) is 0 Å². The van der Waals surface area contributed by atoms with Gasteiger partial charge in [0.25, 0.3) is 0 Å². The molecule has 6 nitrogen and oxygen atoms in total. The molecule has 1 aromatic rings. The predicted octanol–water partition coefficient (Wildman–Crippen LogP) is 4.16. The number of carbonyl (C=O) groups is 2. The number of amides is 1. The summed E-state index contributed by atoms with van der Waals surface area (Å²) in [5.41, 5.74) is 0.546. The molecule has 1 N–H and O–H groups in total. The van der Waals surface area contributed by atoms with Crippen LogP contribution in [0, 0.1) is 0 Å². The molecule has 0 heterocycles. The first-order chi connectivity index (χ1) is 12.6. The number of thioether (sulfide) groups is 1. The fraction of sp³-hybridized carbons (Fsp3) is 0.600. The minimum Gasteiger partial charge on any atom is -0.497 e. The highest BCUT2D eigenvalue weighted by molar-refractivity contribution is 7.98. The lowest BCUT2D eigenvalue weighted by molar-refractivity contribution is -0.147.